The van der Waals surface area contributed by atoms with Crippen LogP contribution in [0.2, 0.25) is 0 Å². The predicted octanol–water partition coefficient (Wildman–Crippen LogP) is 3.28. The largest absolute Gasteiger partial charge is 0.394 e. The molecule has 0 amide bonds. The van der Waals surface area contributed by atoms with Crippen molar-refractivity contribution >= 4 is 0 Å². The second-order valence-electron chi connectivity index (χ2n) is 9.61. The molecule has 0 aromatic rings. The van der Waals surface area contributed by atoms with Crippen LogP contribution in [0.4, 0.5) is 0 Å². The molecule has 0 bridgehead atoms. The summed E-state index contributed by atoms with van der Waals surface area (Å²) in [6, 6.07) is 0. The first kappa shape index (κ1) is 17.4. The quantitative estimate of drug-likeness (QED) is 0.684. The normalized spacial score (nSPS) is 47.3. The van der Waals surface area contributed by atoms with Crippen LogP contribution in [-0.2, 0) is 0 Å². The van der Waals surface area contributed by atoms with E-state index in [-0.39, 0.29) is 29.0 Å². The highest BCUT2D eigenvalue weighted by Gasteiger charge is 2.58. The van der Waals surface area contributed by atoms with E-state index < -0.39 is 6.10 Å². The number of fused-ring (bicyclic) bond motifs is 3. The van der Waals surface area contributed by atoms with Crippen LogP contribution in [0.25, 0.3) is 0 Å². The Kier molecular flexibility index (Phi) is 4.23. The van der Waals surface area contributed by atoms with Gasteiger partial charge in [0, 0.05) is 5.41 Å². The molecule has 0 radical (unpaired) electrons. The van der Waals surface area contributed by atoms with Crippen molar-refractivity contribution < 1.29 is 15.3 Å². The highest BCUT2D eigenvalue weighted by atomic mass is 16.3. The Labute approximate surface area is 140 Å². The third kappa shape index (κ3) is 2.60. The summed E-state index contributed by atoms with van der Waals surface area (Å²) in [7, 11) is 0. The Balaban J connectivity index is 1.98. The van der Waals surface area contributed by atoms with E-state index >= 15 is 0 Å². The molecule has 2 fully saturated rings. The van der Waals surface area contributed by atoms with Gasteiger partial charge in [-0.05, 0) is 54.8 Å². The van der Waals surface area contributed by atoms with E-state index in [1.807, 2.05) is 6.92 Å². The molecule has 23 heavy (non-hydrogen) atoms. The van der Waals surface area contributed by atoms with Gasteiger partial charge < -0.3 is 15.3 Å². The molecule has 3 heteroatoms. The van der Waals surface area contributed by atoms with E-state index in [0.717, 1.165) is 19.3 Å². The maximum atomic E-state index is 11.0. The van der Waals surface area contributed by atoms with Crippen molar-refractivity contribution in [1.29, 1.82) is 0 Å². The molecule has 0 aliphatic heterocycles. The fraction of sp³-hybridized carbons (Fsp3) is 0.900. The number of hydrogen-bond acceptors (Lipinski definition) is 3. The van der Waals surface area contributed by atoms with E-state index in [9.17, 15) is 15.3 Å². The Morgan fingerprint density at radius 2 is 1.87 bits per heavy atom. The molecule has 6 atom stereocenters. The summed E-state index contributed by atoms with van der Waals surface area (Å²) in [5, 5.41) is 30.6. The second-order valence-corrected chi connectivity index (χ2v) is 9.61. The van der Waals surface area contributed by atoms with Gasteiger partial charge in [-0.2, -0.15) is 0 Å². The van der Waals surface area contributed by atoms with Crippen LogP contribution < -0.4 is 0 Å². The monoisotopic (exact) mass is 322 g/mol. The van der Waals surface area contributed by atoms with Gasteiger partial charge >= 0.3 is 0 Å². The third-order valence-electron chi connectivity index (χ3n) is 7.58. The SMILES string of the molecule is CC1(C)CCC[C@@]2(C)[C@@H]3CC[C@@](C)([C@H](O)CO)C=C3C[C@@H](O)[C@H]12. The van der Waals surface area contributed by atoms with Gasteiger partial charge in [-0.15, -0.1) is 0 Å². The topological polar surface area (TPSA) is 60.7 Å². The van der Waals surface area contributed by atoms with Crippen molar-refractivity contribution in [2.45, 2.75) is 78.4 Å². The Bertz CT molecular complexity index is 497. The second kappa shape index (κ2) is 5.57. The molecular formula is C20H34O3. The molecule has 2 saturated carbocycles. The number of aliphatic hydroxyl groups is 3. The molecule has 3 nitrogen and oxygen atoms in total. The standard InChI is InChI=1S/C20H34O3/c1-18(2)7-5-8-20(4)14-6-9-19(3,16(23)12-21)11-13(14)10-15(22)17(18)20/h11,14-17,21-23H,5-10,12H2,1-4H3/t14-,15-,16-,17-,19-,20+/m1/s1. The summed E-state index contributed by atoms with van der Waals surface area (Å²) in [4.78, 5) is 0. The number of rotatable bonds is 2. The van der Waals surface area contributed by atoms with Crippen LogP contribution in [0, 0.1) is 28.1 Å². The van der Waals surface area contributed by atoms with Crippen molar-refractivity contribution in [1.82, 2.24) is 0 Å². The fourth-order valence-corrected chi connectivity index (χ4v) is 6.50. The fourth-order valence-electron chi connectivity index (χ4n) is 6.50. The Hall–Kier alpha value is -0.380. The minimum Gasteiger partial charge on any atom is -0.394 e. The molecular weight excluding hydrogens is 288 g/mol. The van der Waals surface area contributed by atoms with Gasteiger partial charge in [-0.3, -0.25) is 0 Å². The molecule has 3 rings (SSSR count). The van der Waals surface area contributed by atoms with E-state index in [4.69, 9.17) is 0 Å². The van der Waals surface area contributed by atoms with Gasteiger partial charge in [0.05, 0.1) is 18.8 Å². The molecule has 0 aromatic carbocycles. The zero-order chi connectivity index (χ0) is 17.0. The summed E-state index contributed by atoms with van der Waals surface area (Å²) in [6.45, 7) is 8.90. The van der Waals surface area contributed by atoms with E-state index in [0.29, 0.717) is 11.8 Å². The van der Waals surface area contributed by atoms with Crippen molar-refractivity contribution in [3.8, 4) is 0 Å². The van der Waals surface area contributed by atoms with Gasteiger partial charge in [0.2, 0.25) is 0 Å². The van der Waals surface area contributed by atoms with Gasteiger partial charge in [-0.1, -0.05) is 45.8 Å². The van der Waals surface area contributed by atoms with Crippen molar-refractivity contribution in [2.75, 3.05) is 6.61 Å². The highest BCUT2D eigenvalue weighted by Crippen LogP contribution is 2.63. The first-order valence-corrected chi connectivity index (χ1v) is 9.33. The molecule has 3 aliphatic carbocycles. The lowest BCUT2D eigenvalue weighted by atomic mass is 9.44. The zero-order valence-electron chi connectivity index (χ0n) is 15.2. The first-order chi connectivity index (χ1) is 10.6. The predicted molar refractivity (Wildman–Crippen MR) is 91.9 cm³/mol. The Morgan fingerprint density at radius 1 is 1.17 bits per heavy atom. The summed E-state index contributed by atoms with van der Waals surface area (Å²) in [5.74, 6) is 0.882. The van der Waals surface area contributed by atoms with Crippen LogP contribution in [0.15, 0.2) is 11.6 Å². The molecule has 3 N–H and O–H groups in total. The summed E-state index contributed by atoms with van der Waals surface area (Å²) in [6.07, 6.45) is 7.57. The molecule has 0 spiro atoms. The van der Waals surface area contributed by atoms with Crippen molar-refractivity contribution in [3.63, 3.8) is 0 Å². The van der Waals surface area contributed by atoms with Gasteiger partial charge in [0.1, 0.15) is 0 Å². The molecule has 0 aromatic heterocycles. The lowest BCUT2D eigenvalue weighted by Crippen LogP contribution is -2.56. The van der Waals surface area contributed by atoms with Crippen LogP contribution >= 0.6 is 0 Å². The van der Waals surface area contributed by atoms with Crippen LogP contribution in [0.3, 0.4) is 0 Å². The molecule has 3 aliphatic rings. The average Bonchev–Trinajstić information content (AvgIpc) is 2.44. The molecule has 0 saturated heterocycles. The van der Waals surface area contributed by atoms with Crippen LogP contribution in [0.5, 0.6) is 0 Å². The first-order valence-electron chi connectivity index (χ1n) is 9.33. The summed E-state index contributed by atoms with van der Waals surface area (Å²) in [5.41, 5.74) is 1.34. The van der Waals surface area contributed by atoms with Crippen molar-refractivity contribution in [3.05, 3.63) is 11.6 Å². The lowest BCUT2D eigenvalue weighted by molar-refractivity contribution is -0.127. The zero-order valence-corrected chi connectivity index (χ0v) is 15.2. The molecule has 0 unspecified atom stereocenters. The smallest absolute Gasteiger partial charge is 0.0858 e. The lowest BCUT2D eigenvalue weighted by Gasteiger charge is -2.61. The van der Waals surface area contributed by atoms with Crippen molar-refractivity contribution in [2.24, 2.45) is 28.1 Å². The maximum absolute atomic E-state index is 11.0. The van der Waals surface area contributed by atoms with Crippen LogP contribution in [0.1, 0.15) is 66.2 Å². The minimum atomic E-state index is -0.707. The van der Waals surface area contributed by atoms with E-state index in [1.54, 1.807) is 0 Å². The molecule has 0 heterocycles. The van der Waals surface area contributed by atoms with Gasteiger partial charge in [0.15, 0.2) is 0 Å². The van der Waals surface area contributed by atoms with Gasteiger partial charge in [-0.25, -0.2) is 0 Å². The number of hydrogen-bond donors (Lipinski definition) is 3. The third-order valence-corrected chi connectivity index (χ3v) is 7.58. The summed E-state index contributed by atoms with van der Waals surface area (Å²) >= 11 is 0. The molecule has 132 valence electrons. The average molecular weight is 322 g/mol. The summed E-state index contributed by atoms with van der Waals surface area (Å²) < 4.78 is 0. The van der Waals surface area contributed by atoms with Crippen LogP contribution in [-0.4, -0.2) is 34.1 Å². The highest BCUT2D eigenvalue weighted by molar-refractivity contribution is 5.26. The minimum absolute atomic E-state index is 0.163. The van der Waals surface area contributed by atoms with E-state index in [2.05, 4.69) is 26.8 Å². The maximum Gasteiger partial charge on any atom is 0.0858 e. The van der Waals surface area contributed by atoms with E-state index in [1.165, 1.54) is 24.8 Å². The number of aliphatic hydroxyl groups excluding tert-OH is 3. The Morgan fingerprint density at radius 3 is 2.52 bits per heavy atom. The van der Waals surface area contributed by atoms with Gasteiger partial charge in [0.25, 0.3) is 0 Å².